The number of halogens is 1. The van der Waals surface area contributed by atoms with Crippen LogP contribution in [0.4, 0.5) is 4.39 Å². The SMILES string of the molecule is CC1(C)OB(c2c[nH]c3ccc(F)cc23)OC1(C)C. The Balaban J connectivity index is 2.05. The molecule has 0 saturated carbocycles. The molecule has 1 aliphatic heterocycles. The maximum Gasteiger partial charge on any atom is 0.497 e. The zero-order valence-electron chi connectivity index (χ0n) is 11.6. The van der Waals surface area contributed by atoms with Gasteiger partial charge in [-0.15, -0.1) is 0 Å². The van der Waals surface area contributed by atoms with E-state index < -0.39 is 18.3 Å². The van der Waals surface area contributed by atoms with Gasteiger partial charge in [-0.05, 0) is 45.9 Å². The highest BCUT2D eigenvalue weighted by molar-refractivity contribution is 6.65. The molecule has 1 aliphatic rings. The van der Waals surface area contributed by atoms with Crippen LogP contribution in [0.2, 0.25) is 0 Å². The van der Waals surface area contributed by atoms with Crippen LogP contribution in [0.15, 0.2) is 24.4 Å². The maximum atomic E-state index is 13.4. The van der Waals surface area contributed by atoms with Crippen LogP contribution in [0.1, 0.15) is 27.7 Å². The molecule has 2 heterocycles. The topological polar surface area (TPSA) is 34.2 Å². The van der Waals surface area contributed by atoms with Gasteiger partial charge >= 0.3 is 7.12 Å². The predicted molar refractivity (Wildman–Crippen MR) is 74.0 cm³/mol. The molecular weight excluding hydrogens is 244 g/mol. The lowest BCUT2D eigenvalue weighted by Gasteiger charge is -2.32. The number of hydrogen-bond acceptors (Lipinski definition) is 2. The first-order chi connectivity index (χ1) is 8.80. The molecule has 0 unspecified atom stereocenters. The van der Waals surface area contributed by atoms with E-state index in [0.29, 0.717) is 0 Å². The van der Waals surface area contributed by atoms with E-state index in [1.165, 1.54) is 12.1 Å². The van der Waals surface area contributed by atoms with Crippen LogP contribution in [0.5, 0.6) is 0 Å². The Labute approximate surface area is 112 Å². The van der Waals surface area contributed by atoms with E-state index in [1.54, 1.807) is 6.07 Å². The minimum atomic E-state index is -0.472. The number of aromatic amines is 1. The lowest BCUT2D eigenvalue weighted by atomic mass is 9.79. The largest absolute Gasteiger partial charge is 0.497 e. The predicted octanol–water partition coefficient (Wildman–Crippen LogP) is 2.61. The third kappa shape index (κ3) is 1.88. The summed E-state index contributed by atoms with van der Waals surface area (Å²) >= 11 is 0. The highest BCUT2D eigenvalue weighted by Crippen LogP contribution is 2.37. The first-order valence-electron chi connectivity index (χ1n) is 6.42. The van der Waals surface area contributed by atoms with E-state index in [-0.39, 0.29) is 5.82 Å². The molecular formula is C14H17BFNO2. The Bertz CT molecular complexity index is 619. The highest BCUT2D eigenvalue weighted by atomic mass is 19.1. The van der Waals surface area contributed by atoms with Crippen molar-refractivity contribution in [3.05, 3.63) is 30.2 Å². The molecule has 0 amide bonds. The minimum absolute atomic E-state index is 0.259. The van der Waals surface area contributed by atoms with E-state index in [4.69, 9.17) is 9.31 Å². The molecule has 0 atom stereocenters. The van der Waals surface area contributed by atoms with Crippen molar-refractivity contribution in [3.63, 3.8) is 0 Å². The van der Waals surface area contributed by atoms with Gasteiger partial charge in [-0.2, -0.15) is 0 Å². The normalized spacial score (nSPS) is 21.2. The zero-order chi connectivity index (χ0) is 13.8. The van der Waals surface area contributed by atoms with Crippen molar-refractivity contribution in [1.29, 1.82) is 0 Å². The average Bonchev–Trinajstić information content (AvgIpc) is 2.77. The molecule has 2 aromatic rings. The van der Waals surface area contributed by atoms with Gasteiger partial charge in [0.15, 0.2) is 0 Å². The fraction of sp³-hybridized carbons (Fsp3) is 0.429. The van der Waals surface area contributed by atoms with Gasteiger partial charge in [0, 0.05) is 22.6 Å². The van der Waals surface area contributed by atoms with Crippen LogP contribution in [0, 0.1) is 5.82 Å². The Morgan fingerprint density at radius 1 is 1.11 bits per heavy atom. The summed E-state index contributed by atoms with van der Waals surface area (Å²) in [6.07, 6.45) is 1.83. The molecule has 1 fully saturated rings. The van der Waals surface area contributed by atoms with Crippen molar-refractivity contribution >= 4 is 23.5 Å². The molecule has 1 N–H and O–H groups in total. The second-order valence-electron chi connectivity index (χ2n) is 6.02. The third-order valence-corrected chi connectivity index (χ3v) is 4.18. The van der Waals surface area contributed by atoms with E-state index in [2.05, 4.69) is 4.98 Å². The van der Waals surface area contributed by atoms with Crippen LogP contribution >= 0.6 is 0 Å². The molecule has 0 radical (unpaired) electrons. The number of rotatable bonds is 1. The molecule has 3 nitrogen and oxygen atoms in total. The summed E-state index contributed by atoms with van der Waals surface area (Å²) in [7, 11) is -0.472. The lowest BCUT2D eigenvalue weighted by Crippen LogP contribution is -2.41. The Kier molecular flexibility index (Phi) is 2.56. The Hall–Kier alpha value is -1.33. The summed E-state index contributed by atoms with van der Waals surface area (Å²) in [6, 6.07) is 4.67. The van der Waals surface area contributed by atoms with Gasteiger partial charge in [0.05, 0.1) is 11.2 Å². The fourth-order valence-corrected chi connectivity index (χ4v) is 2.28. The molecule has 1 saturated heterocycles. The van der Waals surface area contributed by atoms with Crippen molar-refractivity contribution in [1.82, 2.24) is 4.98 Å². The van der Waals surface area contributed by atoms with Crippen LogP contribution in [-0.2, 0) is 9.31 Å². The van der Waals surface area contributed by atoms with Crippen LogP contribution < -0.4 is 5.46 Å². The van der Waals surface area contributed by atoms with Crippen molar-refractivity contribution in [2.45, 2.75) is 38.9 Å². The fourth-order valence-electron chi connectivity index (χ4n) is 2.28. The quantitative estimate of drug-likeness (QED) is 0.800. The van der Waals surface area contributed by atoms with Crippen LogP contribution in [-0.4, -0.2) is 23.3 Å². The first-order valence-corrected chi connectivity index (χ1v) is 6.42. The van der Waals surface area contributed by atoms with Gasteiger partial charge in [0.1, 0.15) is 5.82 Å². The van der Waals surface area contributed by atoms with Gasteiger partial charge in [-0.3, -0.25) is 0 Å². The average molecular weight is 261 g/mol. The van der Waals surface area contributed by atoms with E-state index in [9.17, 15) is 4.39 Å². The summed E-state index contributed by atoms with van der Waals surface area (Å²) in [5, 5.41) is 0.804. The zero-order valence-corrected chi connectivity index (χ0v) is 11.6. The van der Waals surface area contributed by atoms with Crippen molar-refractivity contribution < 1.29 is 13.7 Å². The van der Waals surface area contributed by atoms with E-state index >= 15 is 0 Å². The first kappa shape index (κ1) is 12.7. The molecule has 3 rings (SSSR count). The van der Waals surface area contributed by atoms with Gasteiger partial charge in [0.2, 0.25) is 0 Å². The third-order valence-electron chi connectivity index (χ3n) is 4.18. The molecule has 5 heteroatoms. The van der Waals surface area contributed by atoms with Gasteiger partial charge in [0.25, 0.3) is 0 Å². The number of benzene rings is 1. The standard InChI is InChI=1S/C14H17BFNO2/c1-13(2)14(3,4)19-15(18-13)11-8-17-12-6-5-9(16)7-10(11)12/h5-8,17H,1-4H3. The molecule has 100 valence electrons. The summed E-state index contributed by atoms with van der Waals surface area (Å²) in [5.74, 6) is -0.259. The second-order valence-corrected chi connectivity index (χ2v) is 6.02. The lowest BCUT2D eigenvalue weighted by molar-refractivity contribution is 0.00578. The van der Waals surface area contributed by atoms with Crippen molar-refractivity contribution in [2.24, 2.45) is 0 Å². The van der Waals surface area contributed by atoms with Crippen LogP contribution in [0.25, 0.3) is 10.9 Å². The second kappa shape index (κ2) is 3.84. The van der Waals surface area contributed by atoms with Gasteiger partial charge < -0.3 is 14.3 Å². The van der Waals surface area contributed by atoms with Crippen molar-refractivity contribution in [2.75, 3.05) is 0 Å². The smallest absolute Gasteiger partial charge is 0.399 e. The molecule has 1 aromatic heterocycles. The maximum absolute atomic E-state index is 13.4. The summed E-state index contributed by atoms with van der Waals surface area (Å²) in [4.78, 5) is 3.12. The summed E-state index contributed by atoms with van der Waals surface area (Å²) in [6.45, 7) is 8.01. The number of fused-ring (bicyclic) bond motifs is 1. The van der Waals surface area contributed by atoms with Gasteiger partial charge in [-0.25, -0.2) is 4.39 Å². The number of H-pyrrole nitrogens is 1. The molecule has 19 heavy (non-hydrogen) atoms. The molecule has 0 bridgehead atoms. The molecule has 0 spiro atoms. The summed E-state index contributed by atoms with van der Waals surface area (Å²) in [5.41, 5.74) is 0.933. The minimum Gasteiger partial charge on any atom is -0.399 e. The van der Waals surface area contributed by atoms with E-state index in [0.717, 1.165) is 16.4 Å². The van der Waals surface area contributed by atoms with Crippen molar-refractivity contribution in [3.8, 4) is 0 Å². The molecule has 1 aromatic carbocycles. The number of aromatic nitrogens is 1. The van der Waals surface area contributed by atoms with Crippen LogP contribution in [0.3, 0.4) is 0 Å². The summed E-state index contributed by atoms with van der Waals surface area (Å²) < 4.78 is 25.4. The number of hydrogen-bond donors (Lipinski definition) is 1. The molecule has 0 aliphatic carbocycles. The van der Waals surface area contributed by atoms with E-state index in [1.807, 2.05) is 33.9 Å². The monoisotopic (exact) mass is 261 g/mol. The van der Waals surface area contributed by atoms with Gasteiger partial charge in [-0.1, -0.05) is 0 Å². The Morgan fingerprint density at radius 3 is 2.37 bits per heavy atom. The Morgan fingerprint density at radius 2 is 1.74 bits per heavy atom. The highest BCUT2D eigenvalue weighted by Gasteiger charge is 2.52. The number of nitrogens with one attached hydrogen (secondary N) is 1.